The molecule has 2 aromatic carbocycles. The van der Waals surface area contributed by atoms with Crippen molar-refractivity contribution in [3.8, 4) is 17.7 Å². The van der Waals surface area contributed by atoms with E-state index in [0.717, 1.165) is 6.07 Å². The van der Waals surface area contributed by atoms with E-state index in [4.69, 9.17) is 10.00 Å². The van der Waals surface area contributed by atoms with Crippen LogP contribution in [-0.4, -0.2) is 16.1 Å². The summed E-state index contributed by atoms with van der Waals surface area (Å²) in [5, 5.41) is 19.2. The van der Waals surface area contributed by atoms with Gasteiger partial charge in [0.2, 0.25) is 5.88 Å². The molecule has 0 unspecified atom stereocenters. The molecule has 1 amide bonds. The molecule has 1 N–H and O–H groups in total. The zero-order valence-corrected chi connectivity index (χ0v) is 12.8. The number of ether oxygens (including phenoxy) is 1. The van der Waals surface area contributed by atoms with Gasteiger partial charge in [0.25, 0.3) is 5.91 Å². The van der Waals surface area contributed by atoms with E-state index in [0.29, 0.717) is 5.69 Å². The van der Waals surface area contributed by atoms with Crippen LogP contribution in [0.4, 0.5) is 10.1 Å². The number of nitriles is 1. The summed E-state index contributed by atoms with van der Waals surface area (Å²) in [7, 11) is 0. The van der Waals surface area contributed by atoms with Gasteiger partial charge in [0.1, 0.15) is 23.2 Å². The first-order valence-electron chi connectivity index (χ1n) is 7.24. The van der Waals surface area contributed by atoms with Crippen LogP contribution in [-0.2, 0) is 0 Å². The van der Waals surface area contributed by atoms with Crippen LogP contribution in [0, 0.1) is 17.1 Å². The minimum atomic E-state index is -0.688. The molecule has 0 fully saturated rings. The molecule has 25 heavy (non-hydrogen) atoms. The number of hydrogen-bond acceptors (Lipinski definition) is 5. The lowest BCUT2D eigenvalue weighted by Crippen LogP contribution is -2.14. The normalized spacial score (nSPS) is 9.92. The van der Waals surface area contributed by atoms with Gasteiger partial charge < -0.3 is 10.1 Å². The number of carbonyl (C=O) groups excluding carboxylic acids is 1. The van der Waals surface area contributed by atoms with Gasteiger partial charge >= 0.3 is 0 Å². The van der Waals surface area contributed by atoms with Gasteiger partial charge in [-0.2, -0.15) is 5.26 Å². The topological polar surface area (TPSA) is 87.9 Å². The summed E-state index contributed by atoms with van der Waals surface area (Å²) in [5.41, 5.74) is 0.499. The molecule has 3 aromatic rings. The predicted octanol–water partition coefficient (Wildman–Crippen LogP) is 3.53. The van der Waals surface area contributed by atoms with Crippen molar-refractivity contribution < 1.29 is 13.9 Å². The van der Waals surface area contributed by atoms with Crippen LogP contribution >= 0.6 is 0 Å². The van der Waals surface area contributed by atoms with Crippen LogP contribution in [0.25, 0.3) is 0 Å². The van der Waals surface area contributed by atoms with Crippen molar-refractivity contribution in [3.05, 3.63) is 77.7 Å². The van der Waals surface area contributed by atoms with Crippen LogP contribution in [0.15, 0.2) is 60.7 Å². The Bertz CT molecular complexity index is 938. The molecule has 7 heteroatoms. The summed E-state index contributed by atoms with van der Waals surface area (Å²) in [5.74, 6) is -1.04. The van der Waals surface area contributed by atoms with Gasteiger partial charge in [-0.15, -0.1) is 10.2 Å². The number of benzene rings is 2. The van der Waals surface area contributed by atoms with Crippen LogP contribution < -0.4 is 10.1 Å². The number of aromatic nitrogens is 2. The molecule has 0 radical (unpaired) electrons. The first-order valence-corrected chi connectivity index (χ1v) is 7.24. The maximum Gasteiger partial charge on any atom is 0.276 e. The molecule has 0 saturated heterocycles. The quantitative estimate of drug-likeness (QED) is 0.788. The SMILES string of the molecule is N#Cc1c(F)cccc1Oc1ccc(C(=O)Nc2ccccc2)nn1. The Morgan fingerprint density at radius 3 is 2.52 bits per heavy atom. The van der Waals surface area contributed by atoms with Gasteiger partial charge in [-0.05, 0) is 30.3 Å². The number of para-hydroxylation sites is 1. The van der Waals surface area contributed by atoms with E-state index in [2.05, 4.69) is 15.5 Å². The van der Waals surface area contributed by atoms with Gasteiger partial charge in [0.05, 0.1) is 0 Å². The molecule has 0 saturated carbocycles. The first-order chi connectivity index (χ1) is 12.2. The third kappa shape index (κ3) is 3.76. The van der Waals surface area contributed by atoms with Crippen molar-refractivity contribution in [3.63, 3.8) is 0 Å². The fourth-order valence-corrected chi connectivity index (χ4v) is 2.02. The smallest absolute Gasteiger partial charge is 0.276 e. The Kier molecular flexibility index (Phi) is 4.62. The zero-order chi connectivity index (χ0) is 17.6. The summed E-state index contributed by atoms with van der Waals surface area (Å²) in [4.78, 5) is 12.1. The number of nitrogens with one attached hydrogen (secondary N) is 1. The summed E-state index contributed by atoms with van der Waals surface area (Å²) >= 11 is 0. The molecule has 0 aliphatic carbocycles. The van der Waals surface area contributed by atoms with Crippen molar-refractivity contribution in [2.45, 2.75) is 0 Å². The van der Waals surface area contributed by atoms with E-state index in [1.165, 1.54) is 24.3 Å². The van der Waals surface area contributed by atoms with Crippen molar-refractivity contribution in [1.82, 2.24) is 10.2 Å². The van der Waals surface area contributed by atoms with Gasteiger partial charge in [-0.1, -0.05) is 24.3 Å². The Hall–Kier alpha value is -3.79. The average molecular weight is 334 g/mol. The van der Waals surface area contributed by atoms with E-state index in [1.54, 1.807) is 30.3 Å². The maximum atomic E-state index is 13.5. The lowest BCUT2D eigenvalue weighted by Gasteiger charge is -2.07. The largest absolute Gasteiger partial charge is 0.436 e. The van der Waals surface area contributed by atoms with Crippen LogP contribution in [0.2, 0.25) is 0 Å². The summed E-state index contributed by atoms with van der Waals surface area (Å²) < 4.78 is 18.9. The molecule has 3 rings (SSSR count). The molecule has 1 heterocycles. The Balaban J connectivity index is 1.74. The number of nitrogens with zero attached hydrogens (tertiary/aromatic N) is 3. The number of rotatable bonds is 4. The monoisotopic (exact) mass is 334 g/mol. The second-order valence-electron chi connectivity index (χ2n) is 4.90. The predicted molar refractivity (Wildman–Crippen MR) is 87.6 cm³/mol. The van der Waals surface area contributed by atoms with Gasteiger partial charge in [-0.3, -0.25) is 4.79 Å². The highest BCUT2D eigenvalue weighted by atomic mass is 19.1. The average Bonchev–Trinajstić information content (AvgIpc) is 2.63. The van der Waals surface area contributed by atoms with Crippen molar-refractivity contribution >= 4 is 11.6 Å². The first kappa shape index (κ1) is 16.1. The fourth-order valence-electron chi connectivity index (χ4n) is 2.02. The van der Waals surface area contributed by atoms with E-state index >= 15 is 0 Å². The standard InChI is InChI=1S/C18H11FN4O2/c19-14-7-4-8-16(13(14)11-20)25-17-10-9-15(22-23-17)18(24)21-12-5-2-1-3-6-12/h1-10H,(H,21,24). The summed E-state index contributed by atoms with van der Waals surface area (Å²) in [6, 6.07) is 17.5. The van der Waals surface area contributed by atoms with E-state index < -0.39 is 11.7 Å². The highest BCUT2D eigenvalue weighted by Crippen LogP contribution is 2.25. The van der Waals surface area contributed by atoms with Gasteiger partial charge in [-0.25, -0.2) is 4.39 Å². The number of anilines is 1. The van der Waals surface area contributed by atoms with Crippen LogP contribution in [0.1, 0.15) is 16.1 Å². The molecule has 0 aliphatic heterocycles. The summed E-state index contributed by atoms with van der Waals surface area (Å²) in [6.45, 7) is 0. The molecular formula is C18H11FN4O2. The van der Waals surface area contributed by atoms with Crippen molar-refractivity contribution in [1.29, 1.82) is 5.26 Å². The van der Waals surface area contributed by atoms with E-state index in [1.807, 2.05) is 6.07 Å². The second kappa shape index (κ2) is 7.19. The highest BCUT2D eigenvalue weighted by Gasteiger charge is 2.12. The minimum Gasteiger partial charge on any atom is -0.436 e. The number of halogens is 1. The Morgan fingerprint density at radius 2 is 1.84 bits per heavy atom. The highest BCUT2D eigenvalue weighted by molar-refractivity contribution is 6.02. The van der Waals surface area contributed by atoms with E-state index in [9.17, 15) is 9.18 Å². The van der Waals surface area contributed by atoms with Gasteiger partial charge in [0.15, 0.2) is 5.69 Å². The van der Waals surface area contributed by atoms with Crippen molar-refractivity contribution in [2.24, 2.45) is 0 Å². The van der Waals surface area contributed by atoms with Crippen molar-refractivity contribution in [2.75, 3.05) is 5.32 Å². The fraction of sp³-hybridized carbons (Fsp3) is 0. The third-order valence-electron chi connectivity index (χ3n) is 3.21. The molecule has 1 aromatic heterocycles. The van der Waals surface area contributed by atoms with Gasteiger partial charge in [0, 0.05) is 11.8 Å². The van der Waals surface area contributed by atoms with Crippen LogP contribution in [0.5, 0.6) is 11.6 Å². The third-order valence-corrected chi connectivity index (χ3v) is 3.21. The second-order valence-corrected chi connectivity index (χ2v) is 4.90. The number of carbonyl (C=O) groups is 1. The summed E-state index contributed by atoms with van der Waals surface area (Å²) in [6.07, 6.45) is 0. The molecule has 0 aliphatic rings. The maximum absolute atomic E-state index is 13.5. The number of hydrogen-bond donors (Lipinski definition) is 1. The van der Waals surface area contributed by atoms with E-state index in [-0.39, 0.29) is 22.9 Å². The lowest BCUT2D eigenvalue weighted by molar-refractivity contribution is 0.102. The minimum absolute atomic E-state index is 0.0262. The lowest BCUT2D eigenvalue weighted by atomic mass is 10.2. The molecule has 0 spiro atoms. The molecule has 122 valence electrons. The molecule has 6 nitrogen and oxygen atoms in total. The molecular weight excluding hydrogens is 323 g/mol. The Morgan fingerprint density at radius 1 is 1.04 bits per heavy atom. The molecule has 0 bridgehead atoms. The number of amides is 1. The Labute approximate surface area is 142 Å². The zero-order valence-electron chi connectivity index (χ0n) is 12.8. The van der Waals surface area contributed by atoms with Crippen LogP contribution in [0.3, 0.4) is 0 Å². The molecule has 0 atom stereocenters.